The lowest BCUT2D eigenvalue weighted by molar-refractivity contribution is 0.0944. The molecule has 0 spiro atoms. The van der Waals surface area contributed by atoms with Gasteiger partial charge in [-0.2, -0.15) is 0 Å². The molecule has 0 saturated carbocycles. The van der Waals surface area contributed by atoms with Gasteiger partial charge < -0.3 is 15.2 Å². The summed E-state index contributed by atoms with van der Waals surface area (Å²) in [5.41, 5.74) is 1.55. The van der Waals surface area contributed by atoms with Gasteiger partial charge in [0.25, 0.3) is 11.8 Å². The highest BCUT2D eigenvalue weighted by Gasteiger charge is 2.13. The molecule has 0 aliphatic rings. The molecular weight excluding hydrogens is 442 g/mol. The Bertz CT molecular complexity index is 1010. The van der Waals surface area contributed by atoms with Crippen molar-refractivity contribution in [1.82, 2.24) is 25.4 Å². The molecule has 0 atom stereocenters. The fourth-order valence-electron chi connectivity index (χ4n) is 3.21. The van der Waals surface area contributed by atoms with E-state index in [0.29, 0.717) is 29.4 Å². The monoisotopic (exact) mass is 471 g/mol. The van der Waals surface area contributed by atoms with Crippen molar-refractivity contribution in [3.05, 3.63) is 63.6 Å². The Hall–Kier alpha value is -2.65. The Kier molecular flexibility index (Phi) is 8.87. The van der Waals surface area contributed by atoms with Gasteiger partial charge in [-0.15, -0.1) is 21.5 Å². The van der Waals surface area contributed by atoms with Crippen molar-refractivity contribution < 1.29 is 9.59 Å². The topological polar surface area (TPSA) is 88.9 Å². The highest BCUT2D eigenvalue weighted by atomic mass is 32.2. The number of thiophene rings is 1. The zero-order chi connectivity index (χ0) is 22.9. The van der Waals surface area contributed by atoms with E-state index in [0.717, 1.165) is 35.9 Å². The Labute approximate surface area is 197 Å². The van der Waals surface area contributed by atoms with E-state index >= 15 is 0 Å². The minimum atomic E-state index is -0.104. The van der Waals surface area contributed by atoms with Crippen LogP contribution in [0.3, 0.4) is 0 Å². The van der Waals surface area contributed by atoms with Gasteiger partial charge in [0.2, 0.25) is 0 Å². The maximum Gasteiger partial charge on any atom is 0.261 e. The summed E-state index contributed by atoms with van der Waals surface area (Å²) >= 11 is 3.01. The van der Waals surface area contributed by atoms with Crippen LogP contribution in [-0.2, 0) is 19.5 Å². The predicted octanol–water partition coefficient (Wildman–Crippen LogP) is 4.01. The minimum absolute atomic E-state index is 0.0873. The summed E-state index contributed by atoms with van der Waals surface area (Å²) in [4.78, 5) is 25.1. The third-order valence-electron chi connectivity index (χ3n) is 4.80. The number of hydrogen-bond donors (Lipinski definition) is 2. The van der Waals surface area contributed by atoms with E-state index in [2.05, 4.69) is 39.2 Å². The van der Waals surface area contributed by atoms with Gasteiger partial charge in [0, 0.05) is 31.6 Å². The maximum atomic E-state index is 12.4. The van der Waals surface area contributed by atoms with Gasteiger partial charge in [0.15, 0.2) is 5.16 Å². The lowest BCUT2D eigenvalue weighted by Gasteiger charge is -2.12. The molecule has 0 aliphatic carbocycles. The lowest BCUT2D eigenvalue weighted by Crippen LogP contribution is -2.25. The van der Waals surface area contributed by atoms with Crippen LogP contribution in [0, 0.1) is 5.92 Å². The quantitative estimate of drug-likeness (QED) is 0.326. The molecule has 2 heterocycles. The van der Waals surface area contributed by atoms with Gasteiger partial charge in [-0.3, -0.25) is 9.59 Å². The minimum Gasteiger partial charge on any atom is -0.352 e. The van der Waals surface area contributed by atoms with E-state index in [9.17, 15) is 9.59 Å². The van der Waals surface area contributed by atoms with Crippen molar-refractivity contribution in [3.63, 3.8) is 0 Å². The molecule has 7 nitrogen and oxygen atoms in total. The summed E-state index contributed by atoms with van der Waals surface area (Å²) < 4.78 is 2.17. The maximum absolute atomic E-state index is 12.4. The SMILES string of the molecule is CSc1nnc(CCCNC(=O)c2ccc(CNC(=O)c3cccs3)cc2)n1CC(C)C. The first kappa shape index (κ1) is 24.0. The Morgan fingerprint density at radius 2 is 1.88 bits per heavy atom. The molecule has 3 rings (SSSR count). The first-order chi connectivity index (χ1) is 15.5. The van der Waals surface area contributed by atoms with E-state index < -0.39 is 0 Å². The zero-order valence-electron chi connectivity index (χ0n) is 18.6. The van der Waals surface area contributed by atoms with Crippen LogP contribution in [0.25, 0.3) is 0 Å². The normalized spacial score (nSPS) is 11.0. The van der Waals surface area contributed by atoms with E-state index in [-0.39, 0.29) is 11.8 Å². The number of thioether (sulfide) groups is 1. The lowest BCUT2D eigenvalue weighted by atomic mass is 10.1. The van der Waals surface area contributed by atoms with E-state index in [1.807, 2.05) is 29.8 Å². The first-order valence-corrected chi connectivity index (χ1v) is 12.7. The number of carbonyl (C=O) groups is 2. The van der Waals surface area contributed by atoms with Crippen LogP contribution in [-0.4, -0.2) is 39.4 Å². The molecule has 170 valence electrons. The number of amides is 2. The summed E-state index contributed by atoms with van der Waals surface area (Å²) in [6.45, 7) is 6.24. The molecule has 2 N–H and O–H groups in total. The Balaban J connectivity index is 1.43. The average Bonchev–Trinajstić information content (AvgIpc) is 3.45. The number of benzene rings is 1. The fourth-order valence-corrected chi connectivity index (χ4v) is 4.37. The molecule has 0 saturated heterocycles. The highest BCUT2D eigenvalue weighted by Crippen LogP contribution is 2.16. The van der Waals surface area contributed by atoms with Crippen molar-refractivity contribution in [2.45, 2.75) is 44.9 Å². The second kappa shape index (κ2) is 11.8. The number of aromatic nitrogens is 3. The van der Waals surface area contributed by atoms with E-state index in [1.54, 1.807) is 30.0 Å². The van der Waals surface area contributed by atoms with Gasteiger partial charge in [0.05, 0.1) is 4.88 Å². The van der Waals surface area contributed by atoms with Crippen molar-refractivity contribution in [1.29, 1.82) is 0 Å². The number of hydrogen-bond acceptors (Lipinski definition) is 6. The van der Waals surface area contributed by atoms with Gasteiger partial charge in [0.1, 0.15) is 5.82 Å². The molecule has 0 bridgehead atoms. The van der Waals surface area contributed by atoms with Crippen LogP contribution in [0.5, 0.6) is 0 Å². The van der Waals surface area contributed by atoms with Gasteiger partial charge in [-0.1, -0.05) is 43.8 Å². The summed E-state index contributed by atoms with van der Waals surface area (Å²) in [6, 6.07) is 10.9. The van der Waals surface area contributed by atoms with E-state index in [1.165, 1.54) is 11.3 Å². The van der Waals surface area contributed by atoms with Crippen molar-refractivity contribution in [3.8, 4) is 0 Å². The van der Waals surface area contributed by atoms with Gasteiger partial charge in [-0.05, 0) is 47.7 Å². The molecule has 1 aromatic carbocycles. The number of carbonyl (C=O) groups excluding carboxylic acids is 2. The Morgan fingerprint density at radius 1 is 1.09 bits per heavy atom. The summed E-state index contributed by atoms with van der Waals surface area (Å²) in [6.07, 6.45) is 3.57. The van der Waals surface area contributed by atoms with Crippen molar-refractivity contribution in [2.24, 2.45) is 5.92 Å². The standard InChI is InChI=1S/C23H29N5O2S2/c1-16(2)15-28-20(26-27-23(28)31-3)7-4-12-24-21(29)18-10-8-17(9-11-18)14-25-22(30)19-6-5-13-32-19/h5-6,8-11,13,16H,4,7,12,14-15H2,1-3H3,(H,24,29)(H,25,30). The molecule has 0 fully saturated rings. The van der Waals surface area contributed by atoms with Crippen LogP contribution in [0.4, 0.5) is 0 Å². The molecule has 0 radical (unpaired) electrons. The molecule has 2 aromatic heterocycles. The molecule has 9 heteroatoms. The van der Waals surface area contributed by atoms with Gasteiger partial charge in [-0.25, -0.2) is 0 Å². The second-order valence-corrected chi connectivity index (χ2v) is 9.54. The third-order valence-corrected chi connectivity index (χ3v) is 6.34. The smallest absolute Gasteiger partial charge is 0.261 e. The van der Waals surface area contributed by atoms with Crippen molar-refractivity contribution >= 4 is 34.9 Å². The van der Waals surface area contributed by atoms with Crippen molar-refractivity contribution in [2.75, 3.05) is 12.8 Å². The summed E-state index contributed by atoms with van der Waals surface area (Å²) in [5, 5.41) is 17.2. The van der Waals surface area contributed by atoms with Crippen LogP contribution in [0.1, 0.15) is 51.7 Å². The molecule has 2 amide bonds. The van der Waals surface area contributed by atoms with Crippen LogP contribution >= 0.6 is 23.1 Å². The predicted molar refractivity (Wildman–Crippen MR) is 129 cm³/mol. The van der Waals surface area contributed by atoms with Crippen LogP contribution in [0.15, 0.2) is 46.9 Å². The number of rotatable bonds is 11. The largest absolute Gasteiger partial charge is 0.352 e. The zero-order valence-corrected chi connectivity index (χ0v) is 20.3. The number of aryl methyl sites for hydroxylation is 1. The number of nitrogens with zero attached hydrogens (tertiary/aromatic N) is 3. The molecular formula is C23H29N5O2S2. The molecule has 0 unspecified atom stereocenters. The molecule has 0 aliphatic heterocycles. The summed E-state index contributed by atoms with van der Waals surface area (Å²) in [5.74, 6) is 1.29. The number of nitrogens with one attached hydrogen (secondary N) is 2. The first-order valence-electron chi connectivity index (χ1n) is 10.6. The van der Waals surface area contributed by atoms with Crippen LogP contribution < -0.4 is 10.6 Å². The van der Waals surface area contributed by atoms with Crippen LogP contribution in [0.2, 0.25) is 0 Å². The highest BCUT2D eigenvalue weighted by molar-refractivity contribution is 7.98. The molecule has 3 aromatic rings. The summed E-state index contributed by atoms with van der Waals surface area (Å²) in [7, 11) is 0. The van der Waals surface area contributed by atoms with E-state index in [4.69, 9.17) is 0 Å². The Morgan fingerprint density at radius 3 is 2.53 bits per heavy atom. The third kappa shape index (κ3) is 6.67. The molecule has 32 heavy (non-hydrogen) atoms. The van der Waals surface area contributed by atoms with Gasteiger partial charge >= 0.3 is 0 Å². The second-order valence-electron chi connectivity index (χ2n) is 7.82. The fraction of sp³-hybridized carbons (Fsp3) is 0.391. The average molecular weight is 472 g/mol.